The Morgan fingerprint density at radius 1 is 1.47 bits per heavy atom. The fourth-order valence-electron chi connectivity index (χ4n) is 1.21. The summed E-state index contributed by atoms with van der Waals surface area (Å²) in [5.41, 5.74) is 2.73. The highest BCUT2D eigenvalue weighted by molar-refractivity contribution is 5.95. The molecule has 0 atom stereocenters. The van der Waals surface area contributed by atoms with E-state index in [9.17, 15) is 9.59 Å². The first-order valence-corrected chi connectivity index (χ1v) is 5.38. The van der Waals surface area contributed by atoms with Gasteiger partial charge in [-0.05, 0) is 19.9 Å². The number of rotatable bonds is 6. The maximum Gasteiger partial charge on any atom is 0.254 e. The van der Waals surface area contributed by atoms with Gasteiger partial charge in [-0.3, -0.25) is 14.4 Å². The van der Waals surface area contributed by atoms with Crippen molar-refractivity contribution in [2.24, 2.45) is 0 Å². The predicted molar refractivity (Wildman–Crippen MR) is 60.2 cm³/mol. The van der Waals surface area contributed by atoms with Gasteiger partial charge in [-0.15, -0.1) is 0 Å². The number of nitrogens with one attached hydrogen (secondary N) is 2. The van der Waals surface area contributed by atoms with E-state index in [1.54, 1.807) is 19.9 Å². The zero-order valence-corrected chi connectivity index (χ0v) is 9.91. The molecule has 0 radical (unpaired) electrons. The van der Waals surface area contributed by atoms with Crippen molar-refractivity contribution >= 4 is 11.8 Å². The lowest BCUT2D eigenvalue weighted by molar-refractivity contribution is -0.133. The summed E-state index contributed by atoms with van der Waals surface area (Å²) >= 11 is 0. The van der Waals surface area contributed by atoms with E-state index >= 15 is 0 Å². The summed E-state index contributed by atoms with van der Waals surface area (Å²) in [7, 11) is 0. The van der Waals surface area contributed by atoms with Crippen LogP contribution in [0.15, 0.2) is 16.7 Å². The number of furan rings is 1. The Morgan fingerprint density at radius 2 is 2.24 bits per heavy atom. The third kappa shape index (κ3) is 4.28. The molecule has 2 N–H and O–H groups in total. The second-order valence-corrected chi connectivity index (χ2v) is 3.35. The second kappa shape index (κ2) is 6.70. The number of amides is 2. The van der Waals surface area contributed by atoms with E-state index in [1.165, 1.54) is 6.26 Å². The lowest BCUT2D eigenvalue weighted by Crippen LogP contribution is -2.30. The third-order valence-electron chi connectivity index (χ3n) is 2.07. The molecular weight excluding hydrogens is 224 g/mol. The van der Waals surface area contributed by atoms with E-state index in [4.69, 9.17) is 9.25 Å². The second-order valence-electron chi connectivity index (χ2n) is 3.35. The highest BCUT2D eigenvalue weighted by Gasteiger charge is 2.11. The van der Waals surface area contributed by atoms with E-state index in [-0.39, 0.29) is 24.8 Å². The third-order valence-corrected chi connectivity index (χ3v) is 2.07. The number of aryl methyl sites for hydroxylation is 1. The molecule has 0 aliphatic carbocycles. The molecular formula is C11H16N2O4. The first-order chi connectivity index (χ1) is 8.15. The van der Waals surface area contributed by atoms with Gasteiger partial charge >= 0.3 is 0 Å². The molecule has 6 nitrogen and oxygen atoms in total. The van der Waals surface area contributed by atoms with Gasteiger partial charge in [-0.25, -0.2) is 5.48 Å². The van der Waals surface area contributed by atoms with Crippen LogP contribution in [0.1, 0.15) is 29.5 Å². The lowest BCUT2D eigenvalue weighted by atomic mass is 10.2. The van der Waals surface area contributed by atoms with E-state index in [0.717, 1.165) is 0 Å². The quantitative estimate of drug-likeness (QED) is 0.720. The Balaban J connectivity index is 2.25. The van der Waals surface area contributed by atoms with Crippen molar-refractivity contribution in [3.05, 3.63) is 23.7 Å². The van der Waals surface area contributed by atoms with Crippen molar-refractivity contribution in [1.29, 1.82) is 0 Å². The Labute approximate surface area is 99.3 Å². The zero-order chi connectivity index (χ0) is 12.7. The van der Waals surface area contributed by atoms with Gasteiger partial charge in [0, 0.05) is 13.0 Å². The topological polar surface area (TPSA) is 80.6 Å². The van der Waals surface area contributed by atoms with Crippen LogP contribution in [0.25, 0.3) is 0 Å². The normalized spacial score (nSPS) is 10.0. The SMILES string of the molecule is CCONC(=O)CCNC(=O)c1ccoc1C. The van der Waals surface area contributed by atoms with Crippen LogP contribution in [0, 0.1) is 6.92 Å². The lowest BCUT2D eigenvalue weighted by Gasteiger charge is -2.05. The van der Waals surface area contributed by atoms with Crippen molar-refractivity contribution < 1.29 is 18.8 Å². The molecule has 17 heavy (non-hydrogen) atoms. The van der Waals surface area contributed by atoms with E-state index < -0.39 is 0 Å². The molecule has 1 heterocycles. The van der Waals surface area contributed by atoms with Crippen molar-refractivity contribution in [3.63, 3.8) is 0 Å². The van der Waals surface area contributed by atoms with Gasteiger partial charge in [0.15, 0.2) is 0 Å². The maximum absolute atomic E-state index is 11.6. The van der Waals surface area contributed by atoms with Gasteiger partial charge in [0.1, 0.15) is 5.76 Å². The molecule has 0 saturated heterocycles. The molecule has 0 fully saturated rings. The van der Waals surface area contributed by atoms with Gasteiger partial charge in [0.2, 0.25) is 5.91 Å². The Kier molecular flexibility index (Phi) is 5.22. The van der Waals surface area contributed by atoms with Crippen LogP contribution < -0.4 is 10.8 Å². The van der Waals surface area contributed by atoms with Crippen LogP contribution in [0.2, 0.25) is 0 Å². The van der Waals surface area contributed by atoms with Crippen molar-refractivity contribution in [2.75, 3.05) is 13.2 Å². The molecule has 0 aliphatic heterocycles. The molecule has 0 unspecified atom stereocenters. The number of hydrogen-bond acceptors (Lipinski definition) is 4. The average Bonchev–Trinajstić information content (AvgIpc) is 2.72. The van der Waals surface area contributed by atoms with Crippen LogP contribution in [0.3, 0.4) is 0 Å². The molecule has 1 aromatic rings. The molecule has 6 heteroatoms. The summed E-state index contributed by atoms with van der Waals surface area (Å²) in [5, 5.41) is 2.62. The number of carbonyl (C=O) groups is 2. The first kappa shape index (κ1) is 13.2. The monoisotopic (exact) mass is 240 g/mol. The van der Waals surface area contributed by atoms with Crippen LogP contribution in [0.4, 0.5) is 0 Å². The van der Waals surface area contributed by atoms with Crippen LogP contribution in [0.5, 0.6) is 0 Å². The summed E-state index contributed by atoms with van der Waals surface area (Å²) in [4.78, 5) is 27.4. The van der Waals surface area contributed by atoms with Gasteiger partial charge in [0.05, 0.1) is 18.4 Å². The first-order valence-electron chi connectivity index (χ1n) is 5.38. The van der Waals surface area contributed by atoms with Crippen molar-refractivity contribution in [1.82, 2.24) is 10.8 Å². The fraction of sp³-hybridized carbons (Fsp3) is 0.455. The van der Waals surface area contributed by atoms with E-state index in [0.29, 0.717) is 17.9 Å². The molecule has 2 amide bonds. The van der Waals surface area contributed by atoms with Crippen LogP contribution >= 0.6 is 0 Å². The summed E-state index contributed by atoms with van der Waals surface area (Å²) in [6, 6.07) is 1.59. The summed E-state index contributed by atoms with van der Waals surface area (Å²) < 4.78 is 5.01. The molecule has 1 aromatic heterocycles. The van der Waals surface area contributed by atoms with Gasteiger partial charge in [-0.2, -0.15) is 0 Å². The average molecular weight is 240 g/mol. The molecule has 0 aromatic carbocycles. The molecule has 0 saturated carbocycles. The van der Waals surface area contributed by atoms with Gasteiger partial charge in [0.25, 0.3) is 5.91 Å². The Morgan fingerprint density at radius 3 is 2.82 bits per heavy atom. The standard InChI is InChI=1S/C11H16N2O4/c1-3-17-13-10(14)4-6-12-11(15)9-5-7-16-8(9)2/h5,7H,3-4,6H2,1-2H3,(H,12,15)(H,13,14). The number of hydrogen-bond donors (Lipinski definition) is 2. The van der Waals surface area contributed by atoms with Gasteiger partial charge < -0.3 is 9.73 Å². The molecule has 0 spiro atoms. The highest BCUT2D eigenvalue weighted by atomic mass is 16.6. The summed E-state index contributed by atoms with van der Waals surface area (Å²) in [6.45, 7) is 4.13. The predicted octanol–water partition coefficient (Wildman–Crippen LogP) is 0.776. The minimum Gasteiger partial charge on any atom is -0.469 e. The minimum absolute atomic E-state index is 0.169. The van der Waals surface area contributed by atoms with Crippen LogP contribution in [-0.2, 0) is 9.63 Å². The van der Waals surface area contributed by atoms with Crippen LogP contribution in [-0.4, -0.2) is 25.0 Å². The Bertz CT molecular complexity index is 387. The zero-order valence-electron chi connectivity index (χ0n) is 9.91. The largest absolute Gasteiger partial charge is 0.469 e. The fourth-order valence-corrected chi connectivity index (χ4v) is 1.21. The van der Waals surface area contributed by atoms with E-state index in [2.05, 4.69) is 10.8 Å². The number of carbonyl (C=O) groups excluding carboxylic acids is 2. The minimum atomic E-state index is -0.268. The summed E-state index contributed by atoms with van der Waals surface area (Å²) in [5.74, 6) is 0.0396. The molecule has 0 aliphatic rings. The summed E-state index contributed by atoms with van der Waals surface area (Å²) in [6.07, 6.45) is 1.62. The molecule has 0 bridgehead atoms. The Hall–Kier alpha value is -1.82. The van der Waals surface area contributed by atoms with Gasteiger partial charge in [-0.1, -0.05) is 0 Å². The van der Waals surface area contributed by atoms with Crippen molar-refractivity contribution in [2.45, 2.75) is 20.3 Å². The number of hydroxylamine groups is 1. The van der Waals surface area contributed by atoms with Crippen molar-refractivity contribution in [3.8, 4) is 0 Å². The molecule has 94 valence electrons. The highest BCUT2D eigenvalue weighted by Crippen LogP contribution is 2.07. The maximum atomic E-state index is 11.6. The van der Waals surface area contributed by atoms with E-state index in [1.807, 2.05) is 0 Å². The smallest absolute Gasteiger partial charge is 0.254 e. The molecule has 1 rings (SSSR count).